The first-order valence-electron chi connectivity index (χ1n) is 17.2. The predicted molar refractivity (Wildman–Crippen MR) is 205 cm³/mol. The van der Waals surface area contributed by atoms with Crippen LogP contribution in [0.4, 0.5) is 29.0 Å². The number of pyridine rings is 1. The summed E-state index contributed by atoms with van der Waals surface area (Å²) in [5.41, 5.74) is 2.44. The molecule has 18 heteroatoms. The molecule has 2 aromatic carbocycles. The number of hydrogen-bond donors (Lipinski definition) is 4. The molecule has 54 heavy (non-hydrogen) atoms. The summed E-state index contributed by atoms with van der Waals surface area (Å²) in [5, 5.41) is 17.4. The van der Waals surface area contributed by atoms with Crippen molar-refractivity contribution in [1.29, 1.82) is 0 Å². The number of halogens is 1. The Kier molecular flexibility index (Phi) is 11.3. The van der Waals surface area contributed by atoms with Crippen molar-refractivity contribution >= 4 is 86.5 Å². The molecule has 0 bridgehead atoms. The van der Waals surface area contributed by atoms with E-state index < -0.39 is 0 Å². The Balaban J connectivity index is 1.08. The number of likely N-dealkylation sites (N-methyl/N-ethyl adjacent to an activating group) is 1. The van der Waals surface area contributed by atoms with E-state index >= 15 is 0 Å². The zero-order chi connectivity index (χ0) is 38.5. The fraction of sp³-hybridized carbons (Fsp3) is 0.333. The fourth-order valence-corrected chi connectivity index (χ4v) is 6.42. The monoisotopic (exact) mass is 757 g/mol. The van der Waals surface area contributed by atoms with Gasteiger partial charge in [0.1, 0.15) is 5.02 Å². The molecule has 282 valence electrons. The maximum atomic E-state index is 13.4. The van der Waals surface area contributed by atoms with Gasteiger partial charge in [0.25, 0.3) is 11.5 Å². The van der Waals surface area contributed by atoms with Crippen LogP contribution in [0.3, 0.4) is 0 Å². The number of fused-ring (bicyclic) bond motifs is 2. The van der Waals surface area contributed by atoms with Gasteiger partial charge < -0.3 is 35.1 Å². The second-order valence-electron chi connectivity index (χ2n) is 12.9. The highest BCUT2D eigenvalue weighted by Crippen LogP contribution is 2.31. The van der Waals surface area contributed by atoms with Crippen LogP contribution in [0.1, 0.15) is 19.3 Å². The summed E-state index contributed by atoms with van der Waals surface area (Å²) >= 11 is 6.50. The number of aromatic nitrogens is 5. The molecular formula is C36H40ClN11O6. The zero-order valence-electron chi connectivity index (χ0n) is 30.2. The summed E-state index contributed by atoms with van der Waals surface area (Å²) < 4.78 is 8.66. The zero-order valence-corrected chi connectivity index (χ0v) is 30.9. The van der Waals surface area contributed by atoms with E-state index in [4.69, 9.17) is 21.3 Å². The van der Waals surface area contributed by atoms with Crippen molar-refractivity contribution in [2.45, 2.75) is 19.3 Å². The molecule has 0 saturated carbocycles. The number of piperidine rings is 1. The lowest BCUT2D eigenvalue weighted by Gasteiger charge is -2.31. The summed E-state index contributed by atoms with van der Waals surface area (Å²) in [6, 6.07) is 12.6. The van der Waals surface area contributed by atoms with Gasteiger partial charge in [-0.2, -0.15) is 10.1 Å². The molecule has 1 fully saturated rings. The minimum absolute atomic E-state index is 0.0515. The van der Waals surface area contributed by atoms with E-state index in [1.807, 2.05) is 48.2 Å². The summed E-state index contributed by atoms with van der Waals surface area (Å²) in [6.45, 7) is 1.21. The third kappa shape index (κ3) is 8.20. The molecule has 4 heterocycles. The first kappa shape index (κ1) is 37.5. The normalized spacial score (nSPS) is 13.1. The smallest absolute Gasteiger partial charge is 0.293 e. The molecule has 6 rings (SSSR count). The van der Waals surface area contributed by atoms with Crippen LogP contribution in [-0.2, 0) is 33.3 Å². The quantitative estimate of drug-likeness (QED) is 0.128. The van der Waals surface area contributed by atoms with Crippen LogP contribution in [0.2, 0.25) is 5.02 Å². The molecule has 4 amide bonds. The summed E-state index contributed by atoms with van der Waals surface area (Å²) in [4.78, 5) is 73.1. The van der Waals surface area contributed by atoms with E-state index in [2.05, 4.69) is 31.3 Å². The fourth-order valence-electron chi connectivity index (χ4n) is 6.28. The number of carbonyl (C=O) groups is 4. The van der Waals surface area contributed by atoms with Gasteiger partial charge in [0.15, 0.2) is 24.0 Å². The second-order valence-corrected chi connectivity index (χ2v) is 13.3. The van der Waals surface area contributed by atoms with Crippen LogP contribution in [-0.4, -0.2) is 88.8 Å². The number of ether oxygens (including phenoxy) is 1. The van der Waals surface area contributed by atoms with Gasteiger partial charge >= 0.3 is 0 Å². The van der Waals surface area contributed by atoms with Crippen molar-refractivity contribution < 1.29 is 23.9 Å². The molecule has 0 aliphatic carbocycles. The lowest BCUT2D eigenvalue weighted by atomic mass is 9.96. The molecule has 0 radical (unpaired) electrons. The van der Waals surface area contributed by atoms with Crippen LogP contribution < -0.4 is 41.4 Å². The van der Waals surface area contributed by atoms with Crippen molar-refractivity contribution in [1.82, 2.24) is 34.9 Å². The number of amides is 4. The van der Waals surface area contributed by atoms with E-state index in [-0.39, 0.29) is 48.0 Å². The molecule has 0 spiro atoms. The number of anilines is 5. The highest BCUT2D eigenvalue weighted by molar-refractivity contribution is 6.33. The molecular weight excluding hydrogens is 718 g/mol. The molecule has 0 unspecified atom stereocenters. The highest BCUT2D eigenvalue weighted by atomic mass is 35.5. The average Bonchev–Trinajstić information content (AvgIpc) is 3.50. The maximum absolute atomic E-state index is 13.4. The average molecular weight is 758 g/mol. The summed E-state index contributed by atoms with van der Waals surface area (Å²) in [5.74, 6) is 0.586. The van der Waals surface area contributed by atoms with Crippen LogP contribution in [0.15, 0.2) is 53.5 Å². The van der Waals surface area contributed by atoms with Crippen molar-refractivity contribution in [2.75, 3.05) is 60.8 Å². The lowest BCUT2D eigenvalue weighted by molar-refractivity contribution is -0.125. The van der Waals surface area contributed by atoms with Gasteiger partial charge in [-0.3, -0.25) is 34.0 Å². The van der Waals surface area contributed by atoms with Gasteiger partial charge in [0.05, 0.1) is 17.2 Å². The third-order valence-corrected chi connectivity index (χ3v) is 9.60. The Labute approximate surface area is 314 Å². The number of hydrogen-bond acceptors (Lipinski definition) is 12. The number of carbonyl (C=O) groups excluding carboxylic acids is 4. The van der Waals surface area contributed by atoms with Gasteiger partial charge in [-0.1, -0.05) is 11.6 Å². The summed E-state index contributed by atoms with van der Waals surface area (Å²) in [6.07, 6.45) is 3.22. The Morgan fingerprint density at radius 1 is 1.04 bits per heavy atom. The van der Waals surface area contributed by atoms with Crippen LogP contribution in [0.5, 0.6) is 5.75 Å². The second kappa shape index (κ2) is 16.2. The van der Waals surface area contributed by atoms with Crippen molar-refractivity contribution in [3.05, 3.63) is 64.0 Å². The highest BCUT2D eigenvalue weighted by Gasteiger charge is 2.27. The van der Waals surface area contributed by atoms with Gasteiger partial charge in [-0.25, -0.2) is 4.98 Å². The molecule has 1 aliphatic rings. The first-order valence-corrected chi connectivity index (χ1v) is 17.6. The minimum Gasteiger partial charge on any atom is -0.478 e. The number of rotatable bonds is 13. The number of nitrogens with zero attached hydrogens (tertiary/aromatic N) is 7. The number of imide groups is 1. The van der Waals surface area contributed by atoms with E-state index in [0.717, 1.165) is 10.9 Å². The standard InChI is InChI=1S/C36H40ClN11O6/c1-38-31(51)19-54-29-16-22-15-23(6-8-27(22)46(3)35(29)53)41-32-26(37)18-39-36(43-32)48-13-9-21(10-14-48)34(52)42-24-5-7-25-28(17-24)47(4)44-33(25)45(2)12-11-30(50)40-20-49/h5-8,15-18,20-21H,9-14,19H2,1-4H3,(H,38,51)(H,42,52)(H,39,41,43)(H,40,49,50). The Morgan fingerprint density at radius 3 is 2.54 bits per heavy atom. The minimum atomic E-state index is -0.368. The summed E-state index contributed by atoms with van der Waals surface area (Å²) in [7, 11) is 6.76. The van der Waals surface area contributed by atoms with Gasteiger partial charge in [0, 0.05) is 82.3 Å². The molecule has 1 aliphatic heterocycles. The van der Waals surface area contributed by atoms with E-state index in [1.54, 1.807) is 29.9 Å². The Hall–Kier alpha value is -6.23. The number of aryl methyl sites for hydroxylation is 2. The van der Waals surface area contributed by atoms with E-state index in [1.165, 1.54) is 17.8 Å². The number of benzene rings is 2. The molecule has 0 atom stereocenters. The third-order valence-electron chi connectivity index (χ3n) is 9.33. The lowest BCUT2D eigenvalue weighted by Crippen LogP contribution is -2.39. The molecule has 1 saturated heterocycles. The molecule has 3 aromatic heterocycles. The van der Waals surface area contributed by atoms with Crippen molar-refractivity contribution in [3.8, 4) is 5.75 Å². The van der Waals surface area contributed by atoms with Crippen LogP contribution >= 0.6 is 11.6 Å². The predicted octanol–water partition coefficient (Wildman–Crippen LogP) is 2.69. The van der Waals surface area contributed by atoms with E-state index in [9.17, 15) is 24.0 Å². The van der Waals surface area contributed by atoms with Gasteiger partial charge in [0.2, 0.25) is 24.2 Å². The topological polar surface area (TPSA) is 198 Å². The molecule has 17 nitrogen and oxygen atoms in total. The largest absolute Gasteiger partial charge is 0.478 e. The Morgan fingerprint density at radius 2 is 1.80 bits per heavy atom. The van der Waals surface area contributed by atoms with Gasteiger partial charge in [-0.15, -0.1) is 0 Å². The molecule has 5 aromatic rings. The van der Waals surface area contributed by atoms with Crippen LogP contribution in [0, 0.1) is 5.92 Å². The van der Waals surface area contributed by atoms with Gasteiger partial charge in [-0.05, 0) is 55.3 Å². The maximum Gasteiger partial charge on any atom is 0.293 e. The Bertz CT molecular complexity index is 2300. The van der Waals surface area contributed by atoms with Crippen molar-refractivity contribution in [3.63, 3.8) is 0 Å². The molecule has 4 N–H and O–H groups in total. The van der Waals surface area contributed by atoms with Crippen LogP contribution in [0.25, 0.3) is 21.8 Å². The van der Waals surface area contributed by atoms with Crippen molar-refractivity contribution in [2.24, 2.45) is 20.0 Å². The van der Waals surface area contributed by atoms with E-state index in [0.29, 0.717) is 83.8 Å². The SMILES string of the molecule is CNC(=O)COc1cc2cc(Nc3nc(N4CCC(C(=O)Nc5ccc6c(N(C)CCC(=O)NC=O)nn(C)c6c5)CC4)ncc3Cl)ccc2n(C)c1=O. The number of nitrogens with one attached hydrogen (secondary N) is 4. The first-order chi connectivity index (χ1) is 25.9.